The lowest BCUT2D eigenvalue weighted by molar-refractivity contribution is 0.463. The quantitative estimate of drug-likeness (QED) is 0.390. The summed E-state index contributed by atoms with van der Waals surface area (Å²) in [5.74, 6) is 3.61. The van der Waals surface area contributed by atoms with Crippen molar-refractivity contribution in [2.75, 3.05) is 25.5 Å². The Morgan fingerprint density at radius 1 is 1.09 bits per heavy atom. The topological polar surface area (TPSA) is 75.5 Å². The highest BCUT2D eigenvalue weighted by atomic mass is 79.9. The number of pyridine rings is 1. The Morgan fingerprint density at radius 2 is 1.97 bits per heavy atom. The molecule has 33 heavy (non-hydrogen) atoms. The van der Waals surface area contributed by atoms with Gasteiger partial charge < -0.3 is 15.0 Å². The predicted molar refractivity (Wildman–Crippen MR) is 134 cm³/mol. The van der Waals surface area contributed by atoms with E-state index in [0.717, 1.165) is 51.2 Å². The van der Waals surface area contributed by atoms with Crippen LogP contribution in [0.1, 0.15) is 17.0 Å². The van der Waals surface area contributed by atoms with Gasteiger partial charge in [0.15, 0.2) is 0 Å². The molecule has 0 saturated carbocycles. The van der Waals surface area contributed by atoms with Gasteiger partial charge in [0.05, 0.1) is 18.3 Å². The first kappa shape index (κ1) is 21.3. The molecule has 5 rings (SSSR count). The van der Waals surface area contributed by atoms with Gasteiger partial charge in [-0.1, -0.05) is 40.2 Å². The summed E-state index contributed by atoms with van der Waals surface area (Å²) < 4.78 is 7.16. The molecule has 0 unspecified atom stereocenters. The molecule has 1 N–H and O–H groups in total. The summed E-state index contributed by atoms with van der Waals surface area (Å²) in [5.41, 5.74) is 2.95. The number of hydrogen-bond donors (Lipinski definition) is 1. The number of hydrogen-bond acceptors (Lipinski definition) is 7. The van der Waals surface area contributed by atoms with Crippen molar-refractivity contribution < 1.29 is 4.74 Å². The summed E-state index contributed by atoms with van der Waals surface area (Å²) in [7, 11) is 2.05. The summed E-state index contributed by atoms with van der Waals surface area (Å²) in [4.78, 5) is 20.4. The van der Waals surface area contributed by atoms with E-state index in [1.807, 2.05) is 49.4 Å². The third kappa shape index (κ3) is 4.80. The van der Waals surface area contributed by atoms with Gasteiger partial charge in [-0.2, -0.15) is 0 Å². The normalized spacial score (nSPS) is 13.3. The van der Waals surface area contributed by atoms with Crippen LogP contribution in [-0.2, 0) is 6.54 Å². The molecule has 4 aromatic rings. The number of amidine groups is 1. The van der Waals surface area contributed by atoms with Gasteiger partial charge in [-0.15, -0.1) is 0 Å². The first-order valence-corrected chi connectivity index (χ1v) is 11.5. The molecule has 0 amide bonds. The number of fused-ring (bicyclic) bond motifs is 1. The highest BCUT2D eigenvalue weighted by Gasteiger charge is 2.15. The summed E-state index contributed by atoms with van der Waals surface area (Å²) in [6.45, 7) is 4.27. The van der Waals surface area contributed by atoms with Gasteiger partial charge in [0.25, 0.3) is 0 Å². The molecule has 0 bridgehead atoms. The van der Waals surface area contributed by atoms with Crippen LogP contribution in [0, 0.1) is 6.92 Å². The van der Waals surface area contributed by atoms with E-state index in [0.29, 0.717) is 24.0 Å². The average molecular weight is 503 g/mol. The second-order valence-electron chi connectivity index (χ2n) is 7.90. The van der Waals surface area contributed by atoms with E-state index < -0.39 is 0 Å². The molecule has 0 saturated heterocycles. The monoisotopic (exact) mass is 502 g/mol. The van der Waals surface area contributed by atoms with Crippen LogP contribution in [0.4, 0.5) is 5.82 Å². The number of aryl methyl sites for hydroxylation is 1. The molecule has 2 aromatic carbocycles. The van der Waals surface area contributed by atoms with E-state index in [1.54, 1.807) is 6.20 Å². The van der Waals surface area contributed by atoms with Crippen molar-refractivity contribution in [1.82, 2.24) is 19.9 Å². The van der Waals surface area contributed by atoms with Crippen LogP contribution in [0.25, 0.3) is 10.9 Å². The number of aromatic nitrogens is 3. The molecule has 0 aliphatic carbocycles. The number of ether oxygens (including phenoxy) is 1. The Morgan fingerprint density at radius 3 is 2.79 bits per heavy atom. The molecule has 0 fully saturated rings. The average Bonchev–Trinajstić information content (AvgIpc) is 3.24. The molecule has 2 aromatic heterocycles. The zero-order chi connectivity index (χ0) is 22.8. The van der Waals surface area contributed by atoms with Crippen molar-refractivity contribution in [2.45, 2.75) is 13.5 Å². The number of benzene rings is 2. The van der Waals surface area contributed by atoms with Crippen LogP contribution in [0.2, 0.25) is 0 Å². The number of anilines is 1. The molecule has 8 heteroatoms. The fourth-order valence-electron chi connectivity index (χ4n) is 3.82. The fraction of sp³-hybridized carbons (Fsp3) is 0.200. The largest absolute Gasteiger partial charge is 0.439 e. The van der Waals surface area contributed by atoms with Gasteiger partial charge in [-0.05, 0) is 36.8 Å². The third-order valence-corrected chi connectivity index (χ3v) is 5.88. The first-order valence-electron chi connectivity index (χ1n) is 10.7. The van der Waals surface area contributed by atoms with Gasteiger partial charge >= 0.3 is 0 Å². The SMILES string of the molecule is Cc1nc(NCc2cccc(Br)c2)c2cc(Oc3cccc(C4=NCCN4C)c3)ncc2n1. The molecule has 7 nitrogen and oxygen atoms in total. The van der Waals surface area contributed by atoms with E-state index in [2.05, 4.69) is 65.3 Å². The maximum atomic E-state index is 6.11. The van der Waals surface area contributed by atoms with E-state index in [1.165, 1.54) is 0 Å². The molecule has 0 radical (unpaired) electrons. The maximum absolute atomic E-state index is 6.11. The van der Waals surface area contributed by atoms with Crippen molar-refractivity contribution in [3.05, 3.63) is 82.2 Å². The number of halogens is 1. The van der Waals surface area contributed by atoms with Crippen molar-refractivity contribution in [3.8, 4) is 11.6 Å². The smallest absolute Gasteiger partial charge is 0.220 e. The van der Waals surface area contributed by atoms with E-state index in [9.17, 15) is 0 Å². The van der Waals surface area contributed by atoms with Crippen molar-refractivity contribution in [1.29, 1.82) is 0 Å². The fourth-order valence-corrected chi connectivity index (χ4v) is 4.26. The standard InChI is InChI=1S/C25H23BrN6O/c1-16-30-22-15-28-23(33-20-8-4-6-18(12-20)25-27-9-10-32(25)2)13-21(22)24(31-16)29-14-17-5-3-7-19(26)11-17/h3-8,11-13,15H,9-10,14H2,1-2H3,(H,29,30,31). The summed E-state index contributed by atoms with van der Waals surface area (Å²) in [6, 6.07) is 18.0. The molecule has 1 aliphatic rings. The zero-order valence-electron chi connectivity index (χ0n) is 18.4. The van der Waals surface area contributed by atoms with Crippen molar-refractivity contribution in [3.63, 3.8) is 0 Å². The van der Waals surface area contributed by atoms with Crippen LogP contribution in [0.3, 0.4) is 0 Å². The Labute approximate surface area is 200 Å². The number of nitrogens with one attached hydrogen (secondary N) is 1. The number of nitrogens with zero attached hydrogens (tertiary/aromatic N) is 5. The van der Waals surface area contributed by atoms with Crippen LogP contribution in [0.5, 0.6) is 11.6 Å². The molecule has 166 valence electrons. The highest BCUT2D eigenvalue weighted by molar-refractivity contribution is 9.10. The molecule has 1 aliphatic heterocycles. The lowest BCUT2D eigenvalue weighted by Crippen LogP contribution is -2.23. The van der Waals surface area contributed by atoms with Crippen LogP contribution in [0.15, 0.2) is 70.3 Å². The van der Waals surface area contributed by atoms with Crippen molar-refractivity contribution in [2.24, 2.45) is 4.99 Å². The summed E-state index contributed by atoms with van der Waals surface area (Å²) in [6.07, 6.45) is 1.72. The summed E-state index contributed by atoms with van der Waals surface area (Å²) >= 11 is 3.52. The predicted octanol–water partition coefficient (Wildman–Crippen LogP) is 5.19. The lowest BCUT2D eigenvalue weighted by Gasteiger charge is -2.15. The minimum Gasteiger partial charge on any atom is -0.439 e. The van der Waals surface area contributed by atoms with Crippen molar-refractivity contribution >= 4 is 38.5 Å². The Hall–Kier alpha value is -3.52. The van der Waals surface area contributed by atoms with Crippen LogP contribution in [-0.4, -0.2) is 45.8 Å². The Bertz CT molecular complexity index is 1360. The lowest BCUT2D eigenvalue weighted by atomic mass is 10.2. The van der Waals surface area contributed by atoms with E-state index in [-0.39, 0.29) is 0 Å². The minimum atomic E-state index is 0.485. The van der Waals surface area contributed by atoms with Gasteiger partial charge in [0.1, 0.15) is 23.2 Å². The van der Waals surface area contributed by atoms with Gasteiger partial charge in [0.2, 0.25) is 5.88 Å². The second kappa shape index (κ2) is 9.15. The summed E-state index contributed by atoms with van der Waals surface area (Å²) in [5, 5.41) is 4.30. The highest BCUT2D eigenvalue weighted by Crippen LogP contribution is 2.28. The molecular weight excluding hydrogens is 480 g/mol. The molecule has 0 spiro atoms. The molecule has 0 atom stereocenters. The third-order valence-electron chi connectivity index (χ3n) is 5.39. The number of likely N-dealkylation sites (N-methyl/N-ethyl adjacent to an activating group) is 1. The number of rotatable bonds is 6. The Balaban J connectivity index is 1.42. The Kier molecular flexibility index (Phi) is 5.92. The first-order chi connectivity index (χ1) is 16.0. The minimum absolute atomic E-state index is 0.485. The van der Waals surface area contributed by atoms with Gasteiger partial charge in [-0.3, -0.25) is 4.99 Å². The van der Waals surface area contributed by atoms with Gasteiger partial charge in [0, 0.05) is 41.6 Å². The van der Waals surface area contributed by atoms with E-state index >= 15 is 0 Å². The van der Waals surface area contributed by atoms with Crippen LogP contribution >= 0.6 is 15.9 Å². The molecule has 3 heterocycles. The van der Waals surface area contributed by atoms with Gasteiger partial charge in [-0.25, -0.2) is 15.0 Å². The number of aliphatic imine (C=N–C) groups is 1. The maximum Gasteiger partial charge on any atom is 0.220 e. The zero-order valence-corrected chi connectivity index (χ0v) is 20.0. The van der Waals surface area contributed by atoms with E-state index in [4.69, 9.17) is 4.74 Å². The second-order valence-corrected chi connectivity index (χ2v) is 8.82. The molecular formula is C25H23BrN6O. The van der Waals surface area contributed by atoms with Crippen LogP contribution < -0.4 is 10.1 Å².